The highest BCUT2D eigenvalue weighted by Crippen LogP contribution is 1.87. The van der Waals surface area contributed by atoms with Crippen molar-refractivity contribution in [1.29, 1.82) is 0 Å². The normalized spacial score (nSPS) is 9.36. The minimum Gasteiger partial charge on any atom is -0.453 e. The molecule has 0 rings (SSSR count). The summed E-state index contributed by atoms with van der Waals surface area (Å²) in [5.74, 6) is 0. The molecule has 0 heterocycles. The number of hydrogen-bond donors (Lipinski definition) is 0. The molecule has 0 aliphatic carbocycles. The fourth-order valence-electron chi connectivity index (χ4n) is 0.593. The van der Waals surface area contributed by atoms with Crippen molar-refractivity contribution in [2.24, 2.45) is 0 Å². The van der Waals surface area contributed by atoms with Crippen LogP contribution in [0.15, 0.2) is 0 Å². The number of nitrogens with zero attached hydrogens (tertiary/aromatic N) is 1. The van der Waals surface area contributed by atoms with Crippen LogP contribution in [0.3, 0.4) is 0 Å². The van der Waals surface area contributed by atoms with Crippen molar-refractivity contribution in [3.05, 3.63) is 0 Å². The van der Waals surface area contributed by atoms with Gasteiger partial charge in [0.15, 0.2) is 0 Å². The number of rotatable bonds is 4. The smallest absolute Gasteiger partial charge is 0.409 e. The van der Waals surface area contributed by atoms with Gasteiger partial charge in [0.25, 0.3) is 0 Å². The Hall–Kier alpha value is -0.770. The zero-order valence-electron chi connectivity index (χ0n) is 7.29. The lowest BCUT2D eigenvalue weighted by Gasteiger charge is -2.14. The summed E-state index contributed by atoms with van der Waals surface area (Å²) in [7, 11) is 3.03. The predicted molar refractivity (Wildman–Crippen MR) is 41.5 cm³/mol. The lowest BCUT2D eigenvalue weighted by Crippen LogP contribution is -2.29. The van der Waals surface area contributed by atoms with Crippen molar-refractivity contribution >= 4 is 6.09 Å². The van der Waals surface area contributed by atoms with Crippen LogP contribution in [0, 0.1) is 0 Å². The molecule has 11 heavy (non-hydrogen) atoms. The van der Waals surface area contributed by atoms with Gasteiger partial charge in [0.1, 0.15) is 0 Å². The van der Waals surface area contributed by atoms with Gasteiger partial charge in [0, 0.05) is 20.2 Å². The highest BCUT2D eigenvalue weighted by atomic mass is 16.5. The van der Waals surface area contributed by atoms with Gasteiger partial charge in [-0.3, -0.25) is 0 Å². The van der Waals surface area contributed by atoms with E-state index in [-0.39, 0.29) is 6.09 Å². The first-order valence-electron chi connectivity index (χ1n) is 3.59. The second kappa shape index (κ2) is 5.97. The largest absolute Gasteiger partial charge is 0.453 e. The molecule has 0 N–H and O–H groups in total. The molecule has 0 unspecified atom stereocenters. The molecule has 0 radical (unpaired) electrons. The number of hydrogen-bond acceptors (Lipinski definition) is 3. The summed E-state index contributed by atoms with van der Waals surface area (Å²) in [6.07, 6.45) is -0.329. The Morgan fingerprint density at radius 2 is 2.18 bits per heavy atom. The maximum atomic E-state index is 10.8. The fourth-order valence-corrected chi connectivity index (χ4v) is 0.593. The van der Waals surface area contributed by atoms with Gasteiger partial charge in [-0.05, 0) is 6.92 Å². The third-order valence-corrected chi connectivity index (χ3v) is 1.26. The van der Waals surface area contributed by atoms with Crippen LogP contribution in [0.25, 0.3) is 0 Å². The molecule has 0 aromatic carbocycles. The molecule has 0 aromatic rings. The van der Waals surface area contributed by atoms with Crippen LogP contribution in [0.4, 0.5) is 4.79 Å². The second-order valence-corrected chi connectivity index (χ2v) is 2.09. The highest BCUT2D eigenvalue weighted by molar-refractivity contribution is 5.66. The number of methoxy groups -OCH3 is 1. The van der Waals surface area contributed by atoms with E-state index in [1.165, 1.54) is 12.0 Å². The molecule has 0 spiro atoms. The quantitative estimate of drug-likeness (QED) is 0.570. The van der Waals surface area contributed by atoms with Crippen LogP contribution in [0.2, 0.25) is 0 Å². The van der Waals surface area contributed by atoms with Crippen LogP contribution in [-0.2, 0) is 9.47 Å². The second-order valence-electron chi connectivity index (χ2n) is 2.09. The van der Waals surface area contributed by atoms with Crippen LogP contribution < -0.4 is 0 Å². The molecular formula is C7H15NO3. The number of carbonyl (C=O) groups excluding carboxylic acids is 1. The summed E-state index contributed by atoms with van der Waals surface area (Å²) in [5, 5.41) is 0. The van der Waals surface area contributed by atoms with E-state index in [1.54, 1.807) is 7.05 Å². The van der Waals surface area contributed by atoms with E-state index >= 15 is 0 Å². The van der Waals surface area contributed by atoms with E-state index < -0.39 is 0 Å². The molecule has 66 valence electrons. The molecule has 4 nitrogen and oxygen atoms in total. The number of ether oxygens (including phenoxy) is 2. The molecule has 0 fully saturated rings. The van der Waals surface area contributed by atoms with Crippen molar-refractivity contribution in [2.45, 2.75) is 6.92 Å². The number of amides is 1. The van der Waals surface area contributed by atoms with Gasteiger partial charge in [-0.2, -0.15) is 0 Å². The van der Waals surface area contributed by atoms with Gasteiger partial charge in [0.2, 0.25) is 0 Å². The first kappa shape index (κ1) is 10.2. The van der Waals surface area contributed by atoms with Crippen LogP contribution in [-0.4, -0.2) is 44.9 Å². The molecular weight excluding hydrogens is 146 g/mol. The standard InChI is InChI=1S/C7H15NO3/c1-4-11-6-5-8(2)7(9)10-3/h4-6H2,1-3H3. The first-order chi connectivity index (χ1) is 5.22. The Morgan fingerprint density at radius 3 is 2.64 bits per heavy atom. The van der Waals surface area contributed by atoms with E-state index in [0.717, 1.165) is 0 Å². The van der Waals surface area contributed by atoms with Gasteiger partial charge in [-0.1, -0.05) is 0 Å². The zero-order valence-corrected chi connectivity index (χ0v) is 7.29. The van der Waals surface area contributed by atoms with Crippen LogP contribution in [0.5, 0.6) is 0 Å². The topological polar surface area (TPSA) is 38.8 Å². The SMILES string of the molecule is CCOCCN(C)C(=O)OC. The molecule has 0 aliphatic rings. The third kappa shape index (κ3) is 4.61. The predicted octanol–water partition coefficient (Wildman–Crippen LogP) is 0.721. The van der Waals surface area contributed by atoms with Gasteiger partial charge >= 0.3 is 6.09 Å². The molecule has 0 aliphatic heterocycles. The molecule has 0 bridgehead atoms. The average Bonchev–Trinajstić information content (AvgIpc) is 2.03. The summed E-state index contributed by atoms with van der Waals surface area (Å²) in [4.78, 5) is 12.2. The lowest BCUT2D eigenvalue weighted by molar-refractivity contribution is 0.0998. The number of carbonyl (C=O) groups is 1. The fraction of sp³-hybridized carbons (Fsp3) is 0.857. The molecule has 0 aromatic heterocycles. The summed E-state index contributed by atoms with van der Waals surface area (Å²) >= 11 is 0. The molecule has 0 atom stereocenters. The van der Waals surface area contributed by atoms with Crippen molar-refractivity contribution < 1.29 is 14.3 Å². The van der Waals surface area contributed by atoms with Crippen molar-refractivity contribution in [1.82, 2.24) is 4.90 Å². The Morgan fingerprint density at radius 1 is 1.55 bits per heavy atom. The Bertz CT molecular complexity index is 116. The summed E-state index contributed by atoms with van der Waals surface area (Å²) < 4.78 is 9.52. The summed E-state index contributed by atoms with van der Waals surface area (Å²) in [6.45, 7) is 3.72. The third-order valence-electron chi connectivity index (χ3n) is 1.26. The summed E-state index contributed by atoms with van der Waals surface area (Å²) in [5.41, 5.74) is 0. The van der Waals surface area contributed by atoms with E-state index in [4.69, 9.17) is 4.74 Å². The highest BCUT2D eigenvalue weighted by Gasteiger charge is 2.05. The van der Waals surface area contributed by atoms with Gasteiger partial charge in [-0.25, -0.2) is 4.79 Å². The Labute approximate surface area is 67.1 Å². The molecule has 0 saturated carbocycles. The maximum absolute atomic E-state index is 10.8. The van der Waals surface area contributed by atoms with Gasteiger partial charge in [-0.15, -0.1) is 0 Å². The zero-order chi connectivity index (χ0) is 8.69. The minimum absolute atomic E-state index is 0.329. The van der Waals surface area contributed by atoms with Crippen molar-refractivity contribution in [3.63, 3.8) is 0 Å². The van der Waals surface area contributed by atoms with Crippen LogP contribution in [0.1, 0.15) is 6.92 Å². The monoisotopic (exact) mass is 161 g/mol. The average molecular weight is 161 g/mol. The van der Waals surface area contributed by atoms with Crippen molar-refractivity contribution in [2.75, 3.05) is 33.9 Å². The Kier molecular flexibility index (Phi) is 5.56. The molecule has 4 heteroatoms. The maximum Gasteiger partial charge on any atom is 0.409 e. The van der Waals surface area contributed by atoms with Crippen molar-refractivity contribution in [3.8, 4) is 0 Å². The lowest BCUT2D eigenvalue weighted by atomic mass is 10.6. The van der Waals surface area contributed by atoms with E-state index in [0.29, 0.717) is 19.8 Å². The van der Waals surface area contributed by atoms with E-state index in [1.807, 2.05) is 6.92 Å². The van der Waals surface area contributed by atoms with E-state index in [2.05, 4.69) is 4.74 Å². The summed E-state index contributed by atoms with van der Waals surface area (Å²) in [6, 6.07) is 0. The van der Waals surface area contributed by atoms with Gasteiger partial charge in [0.05, 0.1) is 13.7 Å². The minimum atomic E-state index is -0.329. The number of likely N-dealkylation sites (N-methyl/N-ethyl adjacent to an activating group) is 1. The molecule has 1 amide bonds. The Balaban J connectivity index is 3.36. The van der Waals surface area contributed by atoms with E-state index in [9.17, 15) is 4.79 Å². The molecule has 0 saturated heterocycles. The van der Waals surface area contributed by atoms with Gasteiger partial charge < -0.3 is 14.4 Å². The van der Waals surface area contributed by atoms with Crippen LogP contribution >= 0.6 is 0 Å². The first-order valence-corrected chi connectivity index (χ1v) is 3.59.